The monoisotopic (exact) mass is 279 g/mol. The summed E-state index contributed by atoms with van der Waals surface area (Å²) in [6.45, 7) is 8.51. The van der Waals surface area contributed by atoms with Gasteiger partial charge in [0.1, 0.15) is 0 Å². The van der Waals surface area contributed by atoms with E-state index >= 15 is 0 Å². The highest BCUT2D eigenvalue weighted by molar-refractivity contribution is 5.11. The Morgan fingerprint density at radius 1 is 1.40 bits per heavy atom. The summed E-state index contributed by atoms with van der Waals surface area (Å²) in [4.78, 5) is 0. The summed E-state index contributed by atoms with van der Waals surface area (Å²) in [6.07, 6.45) is 5.54. The van der Waals surface area contributed by atoms with E-state index in [0.29, 0.717) is 0 Å². The highest BCUT2D eigenvalue weighted by Crippen LogP contribution is 2.31. The summed E-state index contributed by atoms with van der Waals surface area (Å²) in [7, 11) is 0. The first kappa shape index (κ1) is 15.5. The van der Waals surface area contributed by atoms with Gasteiger partial charge in [-0.2, -0.15) is 5.10 Å². The number of rotatable bonds is 6. The minimum absolute atomic E-state index is 0.0816. The number of nitrogens with zero attached hydrogens (tertiary/aromatic N) is 2. The van der Waals surface area contributed by atoms with E-state index in [2.05, 4.69) is 41.9 Å². The number of aromatic nitrogens is 2. The minimum atomic E-state index is -0.0816. The first-order valence-electron chi connectivity index (χ1n) is 8.04. The van der Waals surface area contributed by atoms with Gasteiger partial charge in [-0.05, 0) is 51.0 Å². The van der Waals surface area contributed by atoms with Crippen LogP contribution in [-0.4, -0.2) is 27.0 Å². The van der Waals surface area contributed by atoms with E-state index < -0.39 is 0 Å². The van der Waals surface area contributed by atoms with Gasteiger partial charge in [-0.1, -0.05) is 13.8 Å². The van der Waals surface area contributed by atoms with Gasteiger partial charge in [-0.15, -0.1) is 0 Å². The summed E-state index contributed by atoms with van der Waals surface area (Å²) in [5.41, 5.74) is 2.30. The van der Waals surface area contributed by atoms with Gasteiger partial charge >= 0.3 is 0 Å². The van der Waals surface area contributed by atoms with Gasteiger partial charge in [0.25, 0.3) is 0 Å². The van der Waals surface area contributed by atoms with E-state index in [1.165, 1.54) is 18.5 Å². The summed E-state index contributed by atoms with van der Waals surface area (Å²) >= 11 is 0. The molecular weight excluding hydrogens is 250 g/mol. The average Bonchev–Trinajstić information content (AvgIpc) is 2.90. The van der Waals surface area contributed by atoms with Crippen molar-refractivity contribution in [3.8, 4) is 0 Å². The molecular formula is C16H29N3O. The van der Waals surface area contributed by atoms with Gasteiger partial charge in [-0.3, -0.25) is 4.68 Å². The molecule has 4 heteroatoms. The molecule has 1 aromatic rings. The Bertz CT molecular complexity index is 419. The lowest BCUT2D eigenvalue weighted by Crippen LogP contribution is -2.50. The first-order valence-corrected chi connectivity index (χ1v) is 8.04. The van der Waals surface area contributed by atoms with Gasteiger partial charge in [0.15, 0.2) is 0 Å². The molecule has 1 fully saturated rings. The molecule has 114 valence electrons. The molecule has 0 saturated heterocycles. The van der Waals surface area contributed by atoms with Crippen LogP contribution in [0.4, 0.5) is 0 Å². The van der Waals surface area contributed by atoms with Crippen LogP contribution in [0.1, 0.15) is 57.8 Å². The Morgan fingerprint density at radius 3 is 2.65 bits per heavy atom. The zero-order chi connectivity index (χ0) is 14.6. The number of hydrogen-bond acceptors (Lipinski definition) is 3. The summed E-state index contributed by atoms with van der Waals surface area (Å²) in [6, 6.07) is 2.19. The second-order valence-electron chi connectivity index (χ2n) is 6.27. The molecule has 1 aliphatic rings. The van der Waals surface area contributed by atoms with Crippen molar-refractivity contribution in [1.29, 1.82) is 0 Å². The highest BCUT2D eigenvalue weighted by atomic mass is 16.3. The maximum absolute atomic E-state index is 9.80. The lowest BCUT2D eigenvalue weighted by atomic mass is 9.77. The molecule has 0 amide bonds. The summed E-state index contributed by atoms with van der Waals surface area (Å²) in [5.74, 6) is 0.796. The van der Waals surface area contributed by atoms with E-state index in [9.17, 15) is 5.11 Å². The molecule has 1 saturated carbocycles. The van der Waals surface area contributed by atoms with Crippen LogP contribution in [0.2, 0.25) is 0 Å². The molecule has 4 nitrogen and oxygen atoms in total. The molecule has 2 N–H and O–H groups in total. The second-order valence-corrected chi connectivity index (χ2v) is 6.27. The van der Waals surface area contributed by atoms with E-state index in [4.69, 9.17) is 0 Å². The zero-order valence-corrected chi connectivity index (χ0v) is 13.2. The van der Waals surface area contributed by atoms with Gasteiger partial charge < -0.3 is 10.4 Å². The third kappa shape index (κ3) is 3.41. The van der Waals surface area contributed by atoms with Crippen molar-refractivity contribution in [2.45, 2.75) is 71.5 Å². The van der Waals surface area contributed by atoms with Gasteiger partial charge in [0, 0.05) is 18.6 Å². The van der Waals surface area contributed by atoms with Gasteiger partial charge in [0.05, 0.1) is 18.0 Å². The fraction of sp³-hybridized carbons (Fsp3) is 0.812. The molecule has 1 heterocycles. The SMILES string of the molecule is CCc1cc(CNC2(CO)CCC(C)CC2)n(CC)n1. The topological polar surface area (TPSA) is 50.1 Å². The molecule has 20 heavy (non-hydrogen) atoms. The zero-order valence-electron chi connectivity index (χ0n) is 13.2. The molecule has 0 bridgehead atoms. The van der Waals surface area contributed by atoms with Crippen LogP contribution in [0, 0.1) is 5.92 Å². The summed E-state index contributed by atoms with van der Waals surface area (Å²) in [5, 5.41) is 18.0. The first-order chi connectivity index (χ1) is 9.62. The van der Waals surface area contributed by atoms with Crippen molar-refractivity contribution in [1.82, 2.24) is 15.1 Å². The van der Waals surface area contributed by atoms with Crippen LogP contribution in [-0.2, 0) is 19.5 Å². The molecule has 0 radical (unpaired) electrons. The van der Waals surface area contributed by atoms with Crippen molar-refractivity contribution in [3.63, 3.8) is 0 Å². The predicted octanol–water partition coefficient (Wildman–Crippen LogP) is 2.50. The average molecular weight is 279 g/mol. The predicted molar refractivity (Wildman–Crippen MR) is 81.6 cm³/mol. The molecule has 1 aromatic heterocycles. The quantitative estimate of drug-likeness (QED) is 0.841. The molecule has 2 rings (SSSR count). The molecule has 0 aliphatic heterocycles. The van der Waals surface area contributed by atoms with E-state index in [1.54, 1.807) is 0 Å². The van der Waals surface area contributed by atoms with Crippen LogP contribution >= 0.6 is 0 Å². The fourth-order valence-electron chi connectivity index (χ4n) is 3.09. The number of aliphatic hydroxyl groups excluding tert-OH is 1. The summed E-state index contributed by atoms with van der Waals surface area (Å²) < 4.78 is 2.07. The van der Waals surface area contributed by atoms with Crippen molar-refractivity contribution >= 4 is 0 Å². The third-order valence-corrected chi connectivity index (χ3v) is 4.75. The van der Waals surface area contributed by atoms with Gasteiger partial charge in [0.2, 0.25) is 0 Å². The maximum atomic E-state index is 9.80. The standard InChI is InChI=1S/C16H29N3O/c1-4-14-10-15(19(5-2)18-14)11-17-16(12-20)8-6-13(3)7-9-16/h10,13,17,20H,4-9,11-12H2,1-3H3. The number of hydrogen-bond donors (Lipinski definition) is 2. The van der Waals surface area contributed by atoms with Crippen LogP contribution < -0.4 is 5.32 Å². The van der Waals surface area contributed by atoms with E-state index in [1.807, 2.05) is 0 Å². The van der Waals surface area contributed by atoms with Crippen molar-refractivity contribution in [2.24, 2.45) is 5.92 Å². The van der Waals surface area contributed by atoms with Crippen molar-refractivity contribution in [2.75, 3.05) is 6.61 Å². The van der Waals surface area contributed by atoms with Crippen molar-refractivity contribution in [3.05, 3.63) is 17.5 Å². The molecule has 0 aromatic carbocycles. The third-order valence-electron chi connectivity index (χ3n) is 4.75. The number of nitrogens with one attached hydrogen (secondary N) is 1. The Kier molecular flexibility index (Phi) is 5.22. The molecule has 1 aliphatic carbocycles. The van der Waals surface area contributed by atoms with E-state index in [-0.39, 0.29) is 12.1 Å². The molecule has 0 unspecified atom stereocenters. The largest absolute Gasteiger partial charge is 0.394 e. The fourth-order valence-corrected chi connectivity index (χ4v) is 3.09. The Morgan fingerprint density at radius 2 is 2.10 bits per heavy atom. The Labute approximate surface area is 122 Å². The second kappa shape index (κ2) is 6.72. The Balaban J connectivity index is 2.01. The lowest BCUT2D eigenvalue weighted by Gasteiger charge is -2.39. The maximum Gasteiger partial charge on any atom is 0.0625 e. The van der Waals surface area contributed by atoms with Crippen LogP contribution in [0.25, 0.3) is 0 Å². The van der Waals surface area contributed by atoms with Gasteiger partial charge in [-0.25, -0.2) is 0 Å². The smallest absolute Gasteiger partial charge is 0.0625 e. The normalized spacial score (nSPS) is 26.9. The Hall–Kier alpha value is -0.870. The number of aryl methyl sites for hydroxylation is 2. The van der Waals surface area contributed by atoms with Crippen LogP contribution in [0.15, 0.2) is 6.07 Å². The van der Waals surface area contributed by atoms with E-state index in [0.717, 1.165) is 44.0 Å². The molecule has 0 atom stereocenters. The van der Waals surface area contributed by atoms with Crippen LogP contribution in [0.3, 0.4) is 0 Å². The number of aliphatic hydroxyl groups is 1. The minimum Gasteiger partial charge on any atom is -0.394 e. The van der Waals surface area contributed by atoms with Crippen LogP contribution in [0.5, 0.6) is 0 Å². The lowest BCUT2D eigenvalue weighted by molar-refractivity contribution is 0.103. The highest BCUT2D eigenvalue weighted by Gasteiger charge is 2.33. The molecule has 0 spiro atoms. The van der Waals surface area contributed by atoms with Crippen molar-refractivity contribution < 1.29 is 5.11 Å².